The number of hydrogen-bond donors (Lipinski definition) is 2. The van der Waals surface area contributed by atoms with E-state index >= 15 is 0 Å². The number of rotatable bonds is 5. The molecule has 1 heterocycles. The quantitative estimate of drug-likeness (QED) is 0.553. The molecule has 0 saturated carbocycles. The molecule has 0 spiro atoms. The molecule has 0 aliphatic heterocycles. The fourth-order valence-electron chi connectivity index (χ4n) is 3.57. The summed E-state index contributed by atoms with van der Waals surface area (Å²) in [6.07, 6.45) is -0.752. The molecule has 0 radical (unpaired) electrons. The minimum atomic E-state index is -0.752. The molecule has 2 N–H and O–H groups in total. The molecule has 0 fully saturated rings. The summed E-state index contributed by atoms with van der Waals surface area (Å²) in [6, 6.07) is 21.9. The minimum Gasteiger partial charge on any atom is -0.385 e. The summed E-state index contributed by atoms with van der Waals surface area (Å²) in [4.78, 5) is 17.2. The van der Waals surface area contributed by atoms with Crippen LogP contribution in [0.25, 0.3) is 21.8 Å². The second-order valence-electron chi connectivity index (χ2n) is 7.12. The zero-order valence-electron chi connectivity index (χ0n) is 16.0. The van der Waals surface area contributed by atoms with E-state index < -0.39 is 6.10 Å². The van der Waals surface area contributed by atoms with Gasteiger partial charge in [-0.05, 0) is 48.4 Å². The van der Waals surface area contributed by atoms with Gasteiger partial charge in [-0.15, -0.1) is 0 Å². The van der Waals surface area contributed by atoms with Gasteiger partial charge in [0, 0.05) is 0 Å². The predicted molar refractivity (Wildman–Crippen MR) is 111 cm³/mol. The maximum absolute atomic E-state index is 12.7. The lowest BCUT2D eigenvalue weighted by Gasteiger charge is -2.17. The number of carbonyl (C=O) groups is 1. The Labute approximate surface area is 163 Å². The van der Waals surface area contributed by atoms with Crippen LogP contribution in [0, 0.1) is 0 Å². The van der Waals surface area contributed by atoms with Crippen molar-refractivity contribution < 1.29 is 9.90 Å². The lowest BCUT2D eigenvalue weighted by Crippen LogP contribution is -2.30. The molecule has 28 heavy (non-hydrogen) atoms. The van der Waals surface area contributed by atoms with E-state index in [9.17, 15) is 9.90 Å². The summed E-state index contributed by atoms with van der Waals surface area (Å²) in [7, 11) is 0. The van der Waals surface area contributed by atoms with Gasteiger partial charge in [0.25, 0.3) is 0 Å². The number of benzene rings is 3. The molecule has 1 amide bonds. The molecule has 4 aromatic rings. The molecule has 0 aliphatic carbocycles. The number of amides is 1. The zero-order valence-corrected chi connectivity index (χ0v) is 16.0. The van der Waals surface area contributed by atoms with E-state index in [4.69, 9.17) is 0 Å². The first-order valence-corrected chi connectivity index (χ1v) is 9.44. The molecule has 5 heteroatoms. The second-order valence-corrected chi connectivity index (χ2v) is 7.12. The molecule has 2 atom stereocenters. The molecule has 3 aromatic carbocycles. The van der Waals surface area contributed by atoms with Gasteiger partial charge in [-0.1, -0.05) is 48.5 Å². The van der Waals surface area contributed by atoms with Crippen molar-refractivity contribution in [2.75, 3.05) is 0 Å². The van der Waals surface area contributed by atoms with Gasteiger partial charge >= 0.3 is 0 Å². The molecular formula is C23H23N3O2. The molecule has 1 aromatic heterocycles. The van der Waals surface area contributed by atoms with Crippen LogP contribution in [0.1, 0.15) is 37.4 Å². The van der Waals surface area contributed by atoms with Crippen LogP contribution in [0.15, 0.2) is 66.7 Å². The highest BCUT2D eigenvalue weighted by Crippen LogP contribution is 2.22. The molecule has 2 unspecified atom stereocenters. The number of fused-ring (bicyclic) bond motifs is 2. The van der Waals surface area contributed by atoms with Crippen LogP contribution in [0.3, 0.4) is 0 Å². The lowest BCUT2D eigenvalue weighted by atomic mass is 10.0. The number of aliphatic hydroxyl groups is 1. The van der Waals surface area contributed by atoms with Gasteiger partial charge in [-0.3, -0.25) is 4.79 Å². The Bertz CT molecular complexity index is 1150. The van der Waals surface area contributed by atoms with E-state index in [0.29, 0.717) is 5.82 Å². The third-order valence-electron chi connectivity index (χ3n) is 5.01. The van der Waals surface area contributed by atoms with Crippen LogP contribution in [0.4, 0.5) is 0 Å². The molecular weight excluding hydrogens is 350 g/mol. The first-order valence-electron chi connectivity index (χ1n) is 9.44. The van der Waals surface area contributed by atoms with Crippen molar-refractivity contribution in [3.05, 3.63) is 78.1 Å². The first kappa shape index (κ1) is 18.2. The number of carbonyl (C=O) groups excluding carboxylic acids is 1. The van der Waals surface area contributed by atoms with E-state index in [1.807, 2.05) is 49.4 Å². The van der Waals surface area contributed by atoms with Crippen molar-refractivity contribution in [1.82, 2.24) is 14.9 Å². The fourth-order valence-corrected chi connectivity index (χ4v) is 3.57. The Morgan fingerprint density at radius 3 is 2.54 bits per heavy atom. The lowest BCUT2D eigenvalue weighted by molar-refractivity contribution is -0.122. The zero-order chi connectivity index (χ0) is 19.7. The highest BCUT2D eigenvalue weighted by Gasteiger charge is 2.18. The summed E-state index contributed by atoms with van der Waals surface area (Å²) in [6.45, 7) is 3.75. The summed E-state index contributed by atoms with van der Waals surface area (Å²) in [5.74, 6) is 0.375. The Morgan fingerprint density at radius 1 is 1.04 bits per heavy atom. The third kappa shape index (κ3) is 3.49. The molecule has 0 aliphatic rings. The first-order chi connectivity index (χ1) is 13.5. The van der Waals surface area contributed by atoms with E-state index in [1.165, 1.54) is 5.39 Å². The third-order valence-corrected chi connectivity index (χ3v) is 5.01. The van der Waals surface area contributed by atoms with Crippen LogP contribution in [0.2, 0.25) is 0 Å². The SMILES string of the molecule is CC(O)c1nc2ccccc2n1CC(=O)NC(C)c1ccc2ccccc2c1. The average molecular weight is 373 g/mol. The molecule has 4 rings (SSSR count). The summed E-state index contributed by atoms with van der Waals surface area (Å²) >= 11 is 0. The summed E-state index contributed by atoms with van der Waals surface area (Å²) < 4.78 is 1.78. The van der Waals surface area contributed by atoms with E-state index in [1.54, 1.807) is 11.5 Å². The number of aliphatic hydroxyl groups excluding tert-OH is 1. The normalized spacial score (nSPS) is 13.5. The Balaban J connectivity index is 1.55. The van der Waals surface area contributed by atoms with Crippen LogP contribution < -0.4 is 5.32 Å². The van der Waals surface area contributed by atoms with Crippen molar-refractivity contribution in [2.45, 2.75) is 32.5 Å². The summed E-state index contributed by atoms with van der Waals surface area (Å²) in [5.41, 5.74) is 2.67. The largest absolute Gasteiger partial charge is 0.385 e. The summed E-state index contributed by atoms with van der Waals surface area (Å²) in [5, 5.41) is 15.5. The molecule has 5 nitrogen and oxygen atoms in total. The molecule has 0 saturated heterocycles. The van der Waals surface area contributed by atoms with Gasteiger partial charge < -0.3 is 15.0 Å². The predicted octanol–water partition coefficient (Wildman–Crippen LogP) is 4.12. The van der Waals surface area contributed by atoms with Gasteiger partial charge in [0.05, 0.1) is 17.1 Å². The van der Waals surface area contributed by atoms with Gasteiger partial charge in [0.1, 0.15) is 18.5 Å². The van der Waals surface area contributed by atoms with Crippen molar-refractivity contribution in [3.8, 4) is 0 Å². The standard InChI is InChI=1S/C23H23N3O2/c1-15(18-12-11-17-7-3-4-8-19(17)13-18)24-22(28)14-26-21-10-6-5-9-20(21)25-23(26)16(2)27/h3-13,15-16,27H,14H2,1-2H3,(H,24,28). The second kappa shape index (κ2) is 7.44. The van der Waals surface area contributed by atoms with E-state index in [0.717, 1.165) is 22.0 Å². The van der Waals surface area contributed by atoms with Crippen molar-refractivity contribution >= 4 is 27.7 Å². The van der Waals surface area contributed by atoms with Crippen molar-refractivity contribution in [2.24, 2.45) is 0 Å². The highest BCUT2D eigenvalue weighted by atomic mass is 16.3. The van der Waals surface area contributed by atoms with Crippen LogP contribution in [-0.4, -0.2) is 20.6 Å². The Kier molecular flexibility index (Phi) is 4.84. The average Bonchev–Trinajstić information content (AvgIpc) is 3.06. The maximum atomic E-state index is 12.7. The van der Waals surface area contributed by atoms with Gasteiger partial charge in [-0.25, -0.2) is 4.98 Å². The molecule has 142 valence electrons. The Morgan fingerprint density at radius 2 is 1.75 bits per heavy atom. The highest BCUT2D eigenvalue weighted by molar-refractivity contribution is 5.84. The smallest absolute Gasteiger partial charge is 0.240 e. The van der Waals surface area contributed by atoms with Crippen LogP contribution in [0.5, 0.6) is 0 Å². The van der Waals surface area contributed by atoms with Crippen LogP contribution in [-0.2, 0) is 11.3 Å². The van der Waals surface area contributed by atoms with Gasteiger partial charge in [0.15, 0.2) is 0 Å². The van der Waals surface area contributed by atoms with Gasteiger partial charge in [-0.2, -0.15) is 0 Å². The van der Waals surface area contributed by atoms with E-state index in [2.05, 4.69) is 34.6 Å². The number of nitrogens with zero attached hydrogens (tertiary/aromatic N) is 2. The minimum absolute atomic E-state index is 0.110. The molecule has 0 bridgehead atoms. The van der Waals surface area contributed by atoms with Crippen molar-refractivity contribution in [1.29, 1.82) is 0 Å². The number of imidazole rings is 1. The van der Waals surface area contributed by atoms with Crippen molar-refractivity contribution in [3.63, 3.8) is 0 Å². The number of para-hydroxylation sites is 2. The van der Waals surface area contributed by atoms with E-state index in [-0.39, 0.29) is 18.5 Å². The monoisotopic (exact) mass is 373 g/mol. The van der Waals surface area contributed by atoms with Crippen LogP contribution >= 0.6 is 0 Å². The Hall–Kier alpha value is -3.18. The topological polar surface area (TPSA) is 67.2 Å². The van der Waals surface area contributed by atoms with Gasteiger partial charge in [0.2, 0.25) is 5.91 Å². The number of hydrogen-bond acceptors (Lipinski definition) is 3. The number of aromatic nitrogens is 2. The maximum Gasteiger partial charge on any atom is 0.240 e. The number of nitrogens with one attached hydrogen (secondary N) is 1. The fraction of sp³-hybridized carbons (Fsp3) is 0.217.